The van der Waals surface area contributed by atoms with E-state index < -0.39 is 23.4 Å². The lowest BCUT2D eigenvalue weighted by atomic mass is 10.1. The van der Waals surface area contributed by atoms with Gasteiger partial charge in [-0.2, -0.15) is 0 Å². The average molecular weight is 453 g/mol. The number of hydrogen-bond acceptors (Lipinski definition) is 6. The number of nitrogens with zero attached hydrogens (tertiary/aromatic N) is 2. The quantitative estimate of drug-likeness (QED) is 0.659. The number of imide groups is 1. The van der Waals surface area contributed by atoms with Crippen molar-refractivity contribution >= 4 is 46.8 Å². The maximum Gasteiger partial charge on any atom is 0.420 e. The Morgan fingerprint density at radius 2 is 1.52 bits per heavy atom. The molecule has 0 aromatic heterocycles. The van der Waals surface area contributed by atoms with Gasteiger partial charge < -0.3 is 25.4 Å². The van der Waals surface area contributed by atoms with Gasteiger partial charge in [0.15, 0.2) is 5.11 Å². The van der Waals surface area contributed by atoms with Crippen molar-refractivity contribution in [3.63, 3.8) is 0 Å². The van der Waals surface area contributed by atoms with Gasteiger partial charge in [-0.3, -0.25) is 4.79 Å². The molecule has 0 fully saturated rings. The molecule has 0 bridgehead atoms. The van der Waals surface area contributed by atoms with Gasteiger partial charge >= 0.3 is 12.2 Å². The zero-order chi connectivity index (χ0) is 24.1. The number of thiocarbonyl (C=S) groups is 1. The SMILES string of the molecule is CC(=O)N(C)c1ccc(NC(N)=S)cc1CN(C(=O)OC(C)(C)C)C(=O)OC(C)(C)C. The van der Waals surface area contributed by atoms with Crippen molar-refractivity contribution in [2.45, 2.75) is 66.2 Å². The Labute approximate surface area is 188 Å². The van der Waals surface area contributed by atoms with Crippen LogP contribution in [-0.4, -0.2) is 46.4 Å². The summed E-state index contributed by atoms with van der Waals surface area (Å²) in [4.78, 5) is 39.9. The molecule has 0 saturated heterocycles. The van der Waals surface area contributed by atoms with E-state index in [9.17, 15) is 14.4 Å². The van der Waals surface area contributed by atoms with E-state index in [-0.39, 0.29) is 17.6 Å². The zero-order valence-corrected chi connectivity index (χ0v) is 20.2. The Morgan fingerprint density at radius 1 is 1.03 bits per heavy atom. The number of anilines is 2. The first kappa shape index (κ1) is 26.2. The van der Waals surface area contributed by atoms with Gasteiger partial charge in [-0.15, -0.1) is 0 Å². The highest BCUT2D eigenvalue weighted by molar-refractivity contribution is 7.80. The number of carbonyl (C=O) groups is 3. The molecule has 0 unspecified atom stereocenters. The first-order valence-electron chi connectivity index (χ1n) is 9.67. The fraction of sp³-hybridized carbons (Fsp3) is 0.524. The Hall–Kier alpha value is -2.88. The van der Waals surface area contributed by atoms with Gasteiger partial charge in [0.25, 0.3) is 0 Å². The lowest BCUT2D eigenvalue weighted by Gasteiger charge is -2.30. The second-order valence-corrected chi connectivity index (χ2v) is 9.40. The smallest absolute Gasteiger partial charge is 0.420 e. The number of hydrogen-bond donors (Lipinski definition) is 2. The fourth-order valence-corrected chi connectivity index (χ4v) is 2.55. The van der Waals surface area contributed by atoms with E-state index in [1.165, 1.54) is 11.8 Å². The number of carbonyl (C=O) groups excluding carboxylic acids is 3. The topological polar surface area (TPSA) is 114 Å². The van der Waals surface area contributed by atoms with Crippen LogP contribution in [0.1, 0.15) is 54.0 Å². The molecule has 1 aromatic rings. The second-order valence-electron chi connectivity index (χ2n) is 8.96. The number of nitrogens with one attached hydrogen (secondary N) is 1. The highest BCUT2D eigenvalue weighted by atomic mass is 32.1. The van der Waals surface area contributed by atoms with Crippen molar-refractivity contribution in [2.24, 2.45) is 5.73 Å². The van der Waals surface area contributed by atoms with Crippen molar-refractivity contribution in [2.75, 3.05) is 17.3 Å². The maximum absolute atomic E-state index is 12.8. The Balaban J connectivity index is 3.46. The fourth-order valence-electron chi connectivity index (χ4n) is 2.44. The highest BCUT2D eigenvalue weighted by Gasteiger charge is 2.32. The lowest BCUT2D eigenvalue weighted by Crippen LogP contribution is -2.43. The molecule has 0 aliphatic rings. The summed E-state index contributed by atoms with van der Waals surface area (Å²) in [6.07, 6.45) is -1.74. The van der Waals surface area contributed by atoms with Gasteiger partial charge in [0.05, 0.1) is 6.54 Å². The van der Waals surface area contributed by atoms with Crippen LogP contribution in [0, 0.1) is 0 Å². The van der Waals surface area contributed by atoms with Crippen LogP contribution in [0.25, 0.3) is 0 Å². The molecule has 9 nitrogen and oxygen atoms in total. The average Bonchev–Trinajstić information content (AvgIpc) is 2.55. The molecule has 0 aliphatic heterocycles. The molecule has 1 aromatic carbocycles. The van der Waals surface area contributed by atoms with Crippen molar-refractivity contribution in [1.82, 2.24) is 4.90 Å². The number of ether oxygens (including phenoxy) is 2. The standard InChI is InChI=1S/C21H32N4O5S/c1-13(26)24(8)16-10-9-15(23-17(22)31)11-14(16)12-25(18(27)29-20(2,3)4)19(28)30-21(5,6)7/h9-11H,12H2,1-8H3,(H3,22,23,31). The van der Waals surface area contributed by atoms with E-state index in [0.717, 1.165) is 4.90 Å². The summed E-state index contributed by atoms with van der Waals surface area (Å²) in [5.41, 5.74) is 5.42. The van der Waals surface area contributed by atoms with E-state index in [4.69, 9.17) is 27.4 Å². The number of nitrogens with two attached hydrogens (primary N) is 1. The first-order chi connectivity index (χ1) is 14.0. The van der Waals surface area contributed by atoms with Crippen LogP contribution in [-0.2, 0) is 20.8 Å². The summed E-state index contributed by atoms with van der Waals surface area (Å²) in [5, 5.41) is 2.85. The van der Waals surface area contributed by atoms with Crippen LogP contribution in [0.3, 0.4) is 0 Å². The van der Waals surface area contributed by atoms with Crippen LogP contribution < -0.4 is 16.0 Å². The van der Waals surface area contributed by atoms with Crippen LogP contribution in [0.4, 0.5) is 21.0 Å². The molecule has 0 spiro atoms. The predicted octanol–water partition coefficient (Wildman–Crippen LogP) is 4.00. The van der Waals surface area contributed by atoms with Gasteiger partial charge in [-0.25, -0.2) is 14.5 Å². The molecule has 0 radical (unpaired) electrons. The predicted molar refractivity (Wildman–Crippen MR) is 124 cm³/mol. The molecule has 3 N–H and O–H groups in total. The van der Waals surface area contributed by atoms with Gasteiger partial charge in [-0.1, -0.05) is 0 Å². The van der Waals surface area contributed by atoms with E-state index >= 15 is 0 Å². The monoisotopic (exact) mass is 452 g/mol. The molecule has 10 heteroatoms. The molecular formula is C21H32N4O5S. The third kappa shape index (κ3) is 8.79. The Morgan fingerprint density at radius 3 is 1.90 bits per heavy atom. The minimum atomic E-state index is -0.870. The molecular weight excluding hydrogens is 420 g/mol. The van der Waals surface area contributed by atoms with E-state index in [2.05, 4.69) is 5.32 Å². The van der Waals surface area contributed by atoms with Crippen LogP contribution in [0.5, 0.6) is 0 Å². The molecule has 3 amide bonds. The van der Waals surface area contributed by atoms with Crippen molar-refractivity contribution in [1.29, 1.82) is 0 Å². The summed E-state index contributed by atoms with van der Waals surface area (Å²) < 4.78 is 10.8. The summed E-state index contributed by atoms with van der Waals surface area (Å²) in [5.74, 6) is -0.225. The molecule has 1 rings (SSSR count). The molecule has 0 saturated carbocycles. The molecule has 0 heterocycles. The largest absolute Gasteiger partial charge is 0.443 e. The maximum atomic E-state index is 12.8. The van der Waals surface area contributed by atoms with Gasteiger partial charge in [-0.05, 0) is 77.5 Å². The Bertz CT molecular complexity index is 830. The van der Waals surface area contributed by atoms with Crippen LogP contribution >= 0.6 is 12.2 Å². The van der Waals surface area contributed by atoms with E-state index in [1.807, 2.05) is 0 Å². The number of amides is 3. The highest BCUT2D eigenvalue weighted by Crippen LogP contribution is 2.27. The first-order valence-corrected chi connectivity index (χ1v) is 10.1. The lowest BCUT2D eigenvalue weighted by molar-refractivity contribution is -0.116. The van der Waals surface area contributed by atoms with Crippen molar-refractivity contribution in [3.05, 3.63) is 23.8 Å². The third-order valence-electron chi connectivity index (χ3n) is 3.74. The summed E-state index contributed by atoms with van der Waals surface area (Å²) in [7, 11) is 1.59. The molecule has 172 valence electrons. The second kappa shape index (κ2) is 9.95. The summed E-state index contributed by atoms with van der Waals surface area (Å²) >= 11 is 4.88. The molecule has 31 heavy (non-hydrogen) atoms. The van der Waals surface area contributed by atoms with Crippen LogP contribution in [0.2, 0.25) is 0 Å². The molecule has 0 atom stereocenters. The minimum Gasteiger partial charge on any atom is -0.443 e. The molecule has 0 aliphatic carbocycles. The van der Waals surface area contributed by atoms with Crippen molar-refractivity contribution < 1.29 is 23.9 Å². The van der Waals surface area contributed by atoms with Gasteiger partial charge in [0.2, 0.25) is 5.91 Å². The minimum absolute atomic E-state index is 0.0507. The van der Waals surface area contributed by atoms with Gasteiger partial charge in [0, 0.05) is 25.3 Å². The number of benzene rings is 1. The summed E-state index contributed by atoms with van der Waals surface area (Å²) in [6.45, 7) is 11.4. The van der Waals surface area contributed by atoms with E-state index in [0.29, 0.717) is 16.9 Å². The number of rotatable bonds is 4. The van der Waals surface area contributed by atoms with E-state index in [1.54, 1.807) is 66.8 Å². The van der Waals surface area contributed by atoms with Crippen LogP contribution in [0.15, 0.2) is 18.2 Å². The van der Waals surface area contributed by atoms with Gasteiger partial charge in [0.1, 0.15) is 11.2 Å². The Kier molecular flexibility index (Phi) is 8.40. The summed E-state index contributed by atoms with van der Waals surface area (Å²) in [6, 6.07) is 5.00. The third-order valence-corrected chi connectivity index (χ3v) is 3.84. The normalized spacial score (nSPS) is 11.4. The van der Waals surface area contributed by atoms with Crippen molar-refractivity contribution in [3.8, 4) is 0 Å². The zero-order valence-electron chi connectivity index (χ0n) is 19.4.